The molecular weight excluding hydrogens is 220 g/mol. The molecule has 0 aromatic rings. The van der Waals surface area contributed by atoms with E-state index in [4.69, 9.17) is 10.2 Å². The molecule has 0 bridgehead atoms. The van der Waals surface area contributed by atoms with Gasteiger partial charge < -0.3 is 15.3 Å². The van der Waals surface area contributed by atoms with Gasteiger partial charge >= 0.3 is 5.97 Å². The normalized spacial score (nSPS) is 15.2. The Morgan fingerprint density at radius 3 is 2.24 bits per heavy atom. The molecule has 4 heteroatoms. The molecule has 0 aromatic heterocycles. The second-order valence-corrected chi connectivity index (χ2v) is 4.57. The Bertz CT molecular complexity index is 313. The average molecular weight is 242 g/mol. The summed E-state index contributed by atoms with van der Waals surface area (Å²) in [5.74, 6) is -1.40. The van der Waals surface area contributed by atoms with Gasteiger partial charge in [0.25, 0.3) is 0 Å². The Hall–Kier alpha value is -1.13. The molecule has 4 nitrogen and oxygen atoms in total. The molecule has 0 aliphatic carbocycles. The van der Waals surface area contributed by atoms with Gasteiger partial charge in [0.05, 0.1) is 6.61 Å². The topological polar surface area (TPSA) is 77.8 Å². The number of carboxylic acid groups (broad SMARTS) is 1. The van der Waals surface area contributed by atoms with Crippen molar-refractivity contribution in [2.24, 2.45) is 0 Å². The molecule has 0 spiro atoms. The molecular formula is C13H22O4. The monoisotopic (exact) mass is 242 g/mol. The number of aliphatic hydroxyl groups excluding tert-OH is 1. The zero-order chi connectivity index (χ0) is 13.5. The van der Waals surface area contributed by atoms with Gasteiger partial charge in [-0.2, -0.15) is 0 Å². The summed E-state index contributed by atoms with van der Waals surface area (Å²) in [5.41, 5.74) is 0.198. The van der Waals surface area contributed by atoms with Crippen LogP contribution in [0.1, 0.15) is 40.0 Å². The van der Waals surface area contributed by atoms with Gasteiger partial charge in [0.2, 0.25) is 0 Å². The van der Waals surface area contributed by atoms with Crippen LogP contribution in [0.3, 0.4) is 0 Å². The molecule has 0 saturated heterocycles. The van der Waals surface area contributed by atoms with Gasteiger partial charge in [0, 0.05) is 6.42 Å². The van der Waals surface area contributed by atoms with E-state index >= 15 is 0 Å². The minimum Gasteiger partial charge on any atom is -0.479 e. The summed E-state index contributed by atoms with van der Waals surface area (Å²) in [4.78, 5) is 10.7. The zero-order valence-corrected chi connectivity index (χ0v) is 10.7. The number of allylic oxidation sites excluding steroid dienone is 3. The Morgan fingerprint density at radius 1 is 1.24 bits per heavy atom. The van der Waals surface area contributed by atoms with Crippen LogP contribution >= 0.6 is 0 Å². The largest absolute Gasteiger partial charge is 0.479 e. The van der Waals surface area contributed by atoms with E-state index < -0.39 is 18.2 Å². The summed E-state index contributed by atoms with van der Waals surface area (Å²) in [7, 11) is 0. The van der Waals surface area contributed by atoms with Gasteiger partial charge in [-0.3, -0.25) is 0 Å². The van der Waals surface area contributed by atoms with Crippen molar-refractivity contribution < 1.29 is 20.1 Å². The van der Waals surface area contributed by atoms with E-state index in [1.54, 1.807) is 6.08 Å². The number of hydrogen-bond acceptors (Lipinski definition) is 3. The number of carbonyl (C=O) groups is 1. The maximum absolute atomic E-state index is 10.7. The summed E-state index contributed by atoms with van der Waals surface area (Å²) < 4.78 is 0. The van der Waals surface area contributed by atoms with Crippen molar-refractivity contribution in [2.45, 2.75) is 45.6 Å². The minimum atomic E-state index is -2.06. The van der Waals surface area contributed by atoms with Crippen molar-refractivity contribution in [3.8, 4) is 0 Å². The third-order valence-electron chi connectivity index (χ3n) is 2.54. The zero-order valence-electron chi connectivity index (χ0n) is 10.7. The fourth-order valence-corrected chi connectivity index (χ4v) is 1.25. The molecule has 98 valence electrons. The van der Waals surface area contributed by atoms with Crippen molar-refractivity contribution in [3.05, 3.63) is 23.3 Å². The molecule has 0 saturated carbocycles. The molecule has 0 aliphatic heterocycles. The smallest absolute Gasteiger partial charge is 0.338 e. The summed E-state index contributed by atoms with van der Waals surface area (Å²) in [5, 5.41) is 27.1. The minimum absolute atomic E-state index is 0.0700. The second kappa shape index (κ2) is 7.25. The lowest BCUT2D eigenvalue weighted by Gasteiger charge is -2.18. The van der Waals surface area contributed by atoms with Gasteiger partial charge in [0.15, 0.2) is 5.60 Å². The van der Waals surface area contributed by atoms with E-state index in [9.17, 15) is 9.90 Å². The van der Waals surface area contributed by atoms with Crippen molar-refractivity contribution in [1.82, 2.24) is 0 Å². The SMILES string of the molecule is CC(C)=CCCC(C)=CCC(O)(CO)C(=O)O. The molecule has 3 N–H and O–H groups in total. The molecule has 0 aliphatic rings. The van der Waals surface area contributed by atoms with Crippen LogP contribution < -0.4 is 0 Å². The first-order valence-corrected chi connectivity index (χ1v) is 5.67. The van der Waals surface area contributed by atoms with Crippen molar-refractivity contribution in [1.29, 1.82) is 0 Å². The van der Waals surface area contributed by atoms with Gasteiger partial charge in [-0.05, 0) is 33.6 Å². The van der Waals surface area contributed by atoms with Crippen molar-refractivity contribution in [2.75, 3.05) is 6.61 Å². The fraction of sp³-hybridized carbons (Fsp3) is 0.615. The summed E-state index contributed by atoms with van der Waals surface area (Å²) in [6.07, 6.45) is 5.43. The molecule has 0 fully saturated rings. The van der Waals surface area contributed by atoms with E-state index in [0.717, 1.165) is 18.4 Å². The highest BCUT2D eigenvalue weighted by Gasteiger charge is 2.33. The molecule has 0 rings (SSSR count). The molecule has 0 radical (unpaired) electrons. The Kier molecular flexibility index (Phi) is 6.76. The maximum atomic E-state index is 10.7. The lowest BCUT2D eigenvalue weighted by atomic mass is 9.98. The first-order chi connectivity index (χ1) is 7.81. The highest BCUT2D eigenvalue weighted by atomic mass is 16.4. The fourth-order valence-electron chi connectivity index (χ4n) is 1.25. The Morgan fingerprint density at radius 2 is 1.82 bits per heavy atom. The first kappa shape index (κ1) is 15.9. The number of rotatable bonds is 7. The molecule has 17 heavy (non-hydrogen) atoms. The van der Waals surface area contributed by atoms with Crippen LogP contribution in [0.15, 0.2) is 23.3 Å². The van der Waals surface area contributed by atoms with Crippen LogP contribution in [-0.2, 0) is 4.79 Å². The lowest BCUT2D eigenvalue weighted by Crippen LogP contribution is -2.41. The standard InChI is InChI=1S/C13H22O4/c1-10(2)5-4-6-11(3)7-8-13(17,9-14)12(15)16/h5,7,14,17H,4,6,8-9H2,1-3H3,(H,15,16). The van der Waals surface area contributed by atoms with Gasteiger partial charge in [-0.15, -0.1) is 0 Å². The second-order valence-electron chi connectivity index (χ2n) is 4.57. The molecule has 1 atom stereocenters. The van der Waals surface area contributed by atoms with E-state index in [1.807, 2.05) is 20.8 Å². The van der Waals surface area contributed by atoms with E-state index in [-0.39, 0.29) is 6.42 Å². The van der Waals surface area contributed by atoms with Crippen molar-refractivity contribution >= 4 is 5.97 Å². The van der Waals surface area contributed by atoms with Crippen LogP contribution in [0.25, 0.3) is 0 Å². The van der Waals surface area contributed by atoms with Crippen LogP contribution in [-0.4, -0.2) is 33.5 Å². The maximum Gasteiger partial charge on any atom is 0.338 e. The predicted octanol–water partition coefficient (Wildman–Crippen LogP) is 1.88. The van der Waals surface area contributed by atoms with E-state index in [1.165, 1.54) is 5.57 Å². The van der Waals surface area contributed by atoms with E-state index in [0.29, 0.717) is 0 Å². The third kappa shape index (κ3) is 6.24. The summed E-state index contributed by atoms with van der Waals surface area (Å²) in [6, 6.07) is 0. The lowest BCUT2D eigenvalue weighted by molar-refractivity contribution is -0.162. The van der Waals surface area contributed by atoms with Gasteiger partial charge in [-0.25, -0.2) is 4.79 Å². The van der Waals surface area contributed by atoms with Crippen LogP contribution in [0.5, 0.6) is 0 Å². The van der Waals surface area contributed by atoms with Gasteiger partial charge in [0.1, 0.15) is 0 Å². The van der Waals surface area contributed by atoms with Crippen LogP contribution in [0, 0.1) is 0 Å². The average Bonchev–Trinajstić information content (AvgIpc) is 2.25. The van der Waals surface area contributed by atoms with Crippen molar-refractivity contribution in [3.63, 3.8) is 0 Å². The molecule has 0 heterocycles. The summed E-state index contributed by atoms with van der Waals surface area (Å²) in [6.45, 7) is 5.15. The van der Waals surface area contributed by atoms with Gasteiger partial charge in [-0.1, -0.05) is 23.3 Å². The number of hydrogen-bond donors (Lipinski definition) is 3. The molecule has 0 aromatic carbocycles. The number of carboxylic acids is 1. The Balaban J connectivity index is 4.31. The highest BCUT2D eigenvalue weighted by molar-refractivity contribution is 5.77. The van der Waals surface area contributed by atoms with Crippen LogP contribution in [0.4, 0.5) is 0 Å². The van der Waals surface area contributed by atoms with E-state index in [2.05, 4.69) is 6.08 Å². The number of aliphatic hydroxyl groups is 2. The molecule has 1 unspecified atom stereocenters. The quantitative estimate of drug-likeness (QED) is 0.596. The first-order valence-electron chi connectivity index (χ1n) is 5.67. The summed E-state index contributed by atoms with van der Waals surface area (Å²) >= 11 is 0. The molecule has 0 amide bonds. The number of aliphatic carboxylic acids is 1. The Labute approximate surface area is 102 Å². The third-order valence-corrected chi connectivity index (χ3v) is 2.54. The van der Waals surface area contributed by atoms with Crippen LogP contribution in [0.2, 0.25) is 0 Å². The highest BCUT2D eigenvalue weighted by Crippen LogP contribution is 2.15. The predicted molar refractivity (Wildman–Crippen MR) is 66.7 cm³/mol.